The average molecular weight is 377 g/mol. The molecule has 0 saturated carbocycles. The van der Waals surface area contributed by atoms with E-state index >= 15 is 0 Å². The van der Waals surface area contributed by atoms with Crippen LogP contribution in [0.2, 0.25) is 0 Å². The van der Waals surface area contributed by atoms with Gasteiger partial charge in [0.1, 0.15) is 5.75 Å². The van der Waals surface area contributed by atoms with Gasteiger partial charge in [0.25, 0.3) is 0 Å². The van der Waals surface area contributed by atoms with E-state index in [0.717, 1.165) is 0 Å². The number of ether oxygens (including phenoxy) is 3. The highest BCUT2D eigenvalue weighted by Crippen LogP contribution is 2.32. The van der Waals surface area contributed by atoms with Crippen LogP contribution in [-0.4, -0.2) is 31.0 Å². The molecule has 3 rings (SSSR count). The van der Waals surface area contributed by atoms with E-state index in [2.05, 4.69) is 20.2 Å². The maximum Gasteiger partial charge on any atom is 0.387 e. The predicted octanol–water partition coefficient (Wildman–Crippen LogP) is 3.97. The number of nitrogens with one attached hydrogen (secondary N) is 1. The molecule has 1 aromatic heterocycles. The molecule has 2 aromatic carbocycles. The first kappa shape index (κ1) is 18.4. The third-order valence-electron chi connectivity index (χ3n) is 3.64. The van der Waals surface area contributed by atoms with Gasteiger partial charge in [-0.25, -0.2) is 0 Å². The van der Waals surface area contributed by atoms with E-state index in [1.54, 1.807) is 19.2 Å². The molecule has 142 valence electrons. The third-order valence-corrected chi connectivity index (χ3v) is 3.64. The Hall–Kier alpha value is -3.36. The lowest BCUT2D eigenvalue weighted by molar-refractivity contribution is -0.0511. The van der Waals surface area contributed by atoms with Crippen LogP contribution in [-0.2, 0) is 6.54 Å². The molecule has 0 fully saturated rings. The predicted molar refractivity (Wildman–Crippen MR) is 93.2 cm³/mol. The Labute approximate surface area is 153 Å². The van der Waals surface area contributed by atoms with Gasteiger partial charge in [-0.3, -0.25) is 0 Å². The molecule has 0 spiro atoms. The molecule has 9 heteroatoms. The molecule has 0 unspecified atom stereocenters. The lowest BCUT2D eigenvalue weighted by Gasteiger charge is -2.12. The average Bonchev–Trinajstić information content (AvgIpc) is 3.15. The standard InChI is InChI=1S/C18H17F2N3O4/c1-24-13-6-4-3-5-12(13)17-22-16(27-23-17)10-21-11-7-8-14(25-2)15(9-11)26-18(19)20/h3-9,18,21H,10H2,1-2H3. The quantitative estimate of drug-likeness (QED) is 0.636. The molecule has 0 amide bonds. The molecule has 0 aliphatic rings. The summed E-state index contributed by atoms with van der Waals surface area (Å²) >= 11 is 0. The Bertz CT molecular complexity index is 902. The normalized spacial score (nSPS) is 10.7. The van der Waals surface area contributed by atoms with Gasteiger partial charge in [-0.1, -0.05) is 17.3 Å². The highest BCUT2D eigenvalue weighted by molar-refractivity contribution is 5.63. The molecule has 1 N–H and O–H groups in total. The Morgan fingerprint density at radius 1 is 1.04 bits per heavy atom. The van der Waals surface area contributed by atoms with Gasteiger partial charge >= 0.3 is 6.61 Å². The van der Waals surface area contributed by atoms with Gasteiger partial charge in [0, 0.05) is 11.8 Å². The molecule has 7 nitrogen and oxygen atoms in total. The second-order valence-electron chi connectivity index (χ2n) is 5.31. The van der Waals surface area contributed by atoms with Gasteiger partial charge in [-0.15, -0.1) is 0 Å². The number of para-hydroxylation sites is 1. The van der Waals surface area contributed by atoms with E-state index in [4.69, 9.17) is 14.0 Å². The van der Waals surface area contributed by atoms with Crippen LogP contribution >= 0.6 is 0 Å². The maximum absolute atomic E-state index is 12.5. The molecule has 1 heterocycles. The zero-order valence-corrected chi connectivity index (χ0v) is 14.6. The van der Waals surface area contributed by atoms with Crippen LogP contribution in [0.25, 0.3) is 11.4 Å². The van der Waals surface area contributed by atoms with E-state index in [9.17, 15) is 8.78 Å². The number of hydrogen-bond acceptors (Lipinski definition) is 7. The molecule has 27 heavy (non-hydrogen) atoms. The summed E-state index contributed by atoms with van der Waals surface area (Å²) in [5, 5.41) is 6.95. The summed E-state index contributed by atoms with van der Waals surface area (Å²) in [4.78, 5) is 4.31. The molecule has 0 saturated heterocycles. The first-order valence-electron chi connectivity index (χ1n) is 7.93. The summed E-state index contributed by atoms with van der Waals surface area (Å²) in [6.45, 7) is -2.75. The zero-order chi connectivity index (χ0) is 19.2. The number of anilines is 1. The number of halogens is 2. The highest BCUT2D eigenvalue weighted by Gasteiger charge is 2.14. The molecule has 0 atom stereocenters. The van der Waals surface area contributed by atoms with Crippen LogP contribution in [0.15, 0.2) is 47.0 Å². The number of hydrogen-bond donors (Lipinski definition) is 1. The number of benzene rings is 2. The maximum atomic E-state index is 12.5. The van der Waals surface area contributed by atoms with Crippen LogP contribution in [0.4, 0.5) is 14.5 Å². The molecule has 0 aliphatic carbocycles. The number of alkyl halides is 2. The van der Waals surface area contributed by atoms with Crippen molar-refractivity contribution in [3.8, 4) is 28.6 Å². The summed E-state index contributed by atoms with van der Waals surface area (Å²) in [7, 11) is 2.93. The minimum Gasteiger partial charge on any atom is -0.496 e. The summed E-state index contributed by atoms with van der Waals surface area (Å²) in [6.07, 6.45) is 0. The van der Waals surface area contributed by atoms with Gasteiger partial charge < -0.3 is 24.1 Å². The first-order valence-corrected chi connectivity index (χ1v) is 7.93. The minimum absolute atomic E-state index is 0.0715. The fourth-order valence-electron chi connectivity index (χ4n) is 2.42. The first-order chi connectivity index (χ1) is 13.1. The largest absolute Gasteiger partial charge is 0.496 e. The van der Waals surface area contributed by atoms with Gasteiger partial charge in [-0.2, -0.15) is 13.8 Å². The Morgan fingerprint density at radius 2 is 1.81 bits per heavy atom. The van der Waals surface area contributed by atoms with Crippen molar-refractivity contribution in [2.24, 2.45) is 0 Å². The lowest BCUT2D eigenvalue weighted by atomic mass is 10.2. The second kappa shape index (κ2) is 8.35. The van der Waals surface area contributed by atoms with Crippen LogP contribution < -0.4 is 19.5 Å². The van der Waals surface area contributed by atoms with Crippen molar-refractivity contribution in [2.45, 2.75) is 13.2 Å². The highest BCUT2D eigenvalue weighted by atomic mass is 19.3. The fourth-order valence-corrected chi connectivity index (χ4v) is 2.42. The van der Waals surface area contributed by atoms with Crippen molar-refractivity contribution in [3.63, 3.8) is 0 Å². The third kappa shape index (κ3) is 4.43. The second-order valence-corrected chi connectivity index (χ2v) is 5.31. The van der Waals surface area contributed by atoms with E-state index in [1.165, 1.54) is 19.2 Å². The SMILES string of the molecule is COc1ccc(NCc2nc(-c3ccccc3OC)no2)cc1OC(F)F. The Morgan fingerprint density at radius 3 is 2.56 bits per heavy atom. The lowest BCUT2D eigenvalue weighted by Crippen LogP contribution is -2.05. The molecule has 0 aliphatic heterocycles. The number of nitrogens with zero attached hydrogens (tertiary/aromatic N) is 2. The summed E-state index contributed by atoms with van der Waals surface area (Å²) in [5.74, 6) is 1.47. The van der Waals surface area contributed by atoms with Crippen molar-refractivity contribution < 1.29 is 27.5 Å². The van der Waals surface area contributed by atoms with E-state index in [0.29, 0.717) is 28.7 Å². The molecular weight excluding hydrogens is 360 g/mol. The van der Waals surface area contributed by atoms with Gasteiger partial charge in [0.05, 0.1) is 26.3 Å². The fraction of sp³-hybridized carbons (Fsp3) is 0.222. The zero-order valence-electron chi connectivity index (χ0n) is 14.6. The Balaban J connectivity index is 1.72. The van der Waals surface area contributed by atoms with Gasteiger partial charge in [0.15, 0.2) is 11.5 Å². The topological polar surface area (TPSA) is 78.6 Å². The number of aromatic nitrogens is 2. The van der Waals surface area contributed by atoms with Crippen molar-refractivity contribution in [3.05, 3.63) is 48.4 Å². The van der Waals surface area contributed by atoms with E-state index < -0.39 is 6.61 Å². The van der Waals surface area contributed by atoms with Crippen molar-refractivity contribution in [1.82, 2.24) is 10.1 Å². The van der Waals surface area contributed by atoms with Crippen molar-refractivity contribution in [2.75, 3.05) is 19.5 Å². The smallest absolute Gasteiger partial charge is 0.387 e. The van der Waals surface area contributed by atoms with Crippen LogP contribution in [0.3, 0.4) is 0 Å². The summed E-state index contributed by atoms with van der Waals surface area (Å²) < 4.78 is 45.0. The molecular formula is C18H17F2N3O4. The van der Waals surface area contributed by atoms with Crippen molar-refractivity contribution >= 4 is 5.69 Å². The van der Waals surface area contributed by atoms with E-state index in [1.807, 2.05) is 18.2 Å². The van der Waals surface area contributed by atoms with Gasteiger partial charge in [-0.05, 0) is 24.3 Å². The number of methoxy groups -OCH3 is 2. The van der Waals surface area contributed by atoms with E-state index in [-0.39, 0.29) is 18.0 Å². The summed E-state index contributed by atoms with van der Waals surface area (Å²) in [6, 6.07) is 11.9. The van der Waals surface area contributed by atoms with Crippen LogP contribution in [0.5, 0.6) is 17.2 Å². The van der Waals surface area contributed by atoms with Gasteiger partial charge in [0.2, 0.25) is 11.7 Å². The molecule has 3 aromatic rings. The number of rotatable bonds is 8. The minimum atomic E-state index is -2.95. The summed E-state index contributed by atoms with van der Waals surface area (Å²) in [5.41, 5.74) is 1.23. The monoisotopic (exact) mass is 377 g/mol. The molecule has 0 bridgehead atoms. The van der Waals surface area contributed by atoms with Crippen molar-refractivity contribution in [1.29, 1.82) is 0 Å². The van der Waals surface area contributed by atoms with Crippen LogP contribution in [0, 0.1) is 0 Å². The van der Waals surface area contributed by atoms with Crippen LogP contribution in [0.1, 0.15) is 5.89 Å². The Kier molecular flexibility index (Phi) is 5.70. The molecule has 0 radical (unpaired) electrons.